The van der Waals surface area contributed by atoms with E-state index in [-0.39, 0.29) is 17.9 Å². The largest absolute Gasteiger partial charge is 0.342 e. The second-order valence-corrected chi connectivity index (χ2v) is 5.43. The number of hydrogen-bond acceptors (Lipinski definition) is 2. The normalized spacial score (nSPS) is 28.3. The van der Waals surface area contributed by atoms with Crippen LogP contribution in [0.4, 0.5) is 0 Å². The van der Waals surface area contributed by atoms with Gasteiger partial charge in [-0.05, 0) is 25.2 Å². The van der Waals surface area contributed by atoms with Crippen molar-refractivity contribution in [3.63, 3.8) is 0 Å². The van der Waals surface area contributed by atoms with Crippen LogP contribution in [0.25, 0.3) is 0 Å². The monoisotopic (exact) mass is 224 g/mol. The highest BCUT2D eigenvalue weighted by molar-refractivity contribution is 5.99. The highest BCUT2D eigenvalue weighted by Crippen LogP contribution is 2.32. The summed E-state index contributed by atoms with van der Waals surface area (Å²) in [5.74, 6) is 0.430. The van der Waals surface area contributed by atoms with Crippen molar-refractivity contribution in [1.82, 2.24) is 10.6 Å². The SMILES string of the molecule is CC(C)CC1NC(=O)C2(CCCC2)NC1=O. The van der Waals surface area contributed by atoms with Gasteiger partial charge in [0.25, 0.3) is 0 Å². The highest BCUT2D eigenvalue weighted by Gasteiger charge is 2.47. The van der Waals surface area contributed by atoms with Crippen LogP contribution in [-0.4, -0.2) is 23.4 Å². The summed E-state index contributed by atoms with van der Waals surface area (Å²) >= 11 is 0. The van der Waals surface area contributed by atoms with Crippen LogP contribution in [0.1, 0.15) is 46.0 Å². The van der Waals surface area contributed by atoms with Gasteiger partial charge < -0.3 is 10.6 Å². The molecule has 0 aromatic carbocycles. The summed E-state index contributed by atoms with van der Waals surface area (Å²) in [6.07, 6.45) is 4.36. The van der Waals surface area contributed by atoms with Gasteiger partial charge >= 0.3 is 0 Å². The van der Waals surface area contributed by atoms with E-state index in [0.29, 0.717) is 12.3 Å². The van der Waals surface area contributed by atoms with Crippen molar-refractivity contribution in [2.75, 3.05) is 0 Å². The van der Waals surface area contributed by atoms with Crippen molar-refractivity contribution >= 4 is 11.8 Å². The summed E-state index contributed by atoms with van der Waals surface area (Å²) in [6, 6.07) is -0.335. The highest BCUT2D eigenvalue weighted by atomic mass is 16.2. The van der Waals surface area contributed by atoms with E-state index in [1.54, 1.807) is 0 Å². The van der Waals surface area contributed by atoms with Crippen LogP contribution >= 0.6 is 0 Å². The molecule has 2 aliphatic rings. The molecule has 1 unspecified atom stereocenters. The van der Waals surface area contributed by atoms with Crippen molar-refractivity contribution in [3.8, 4) is 0 Å². The van der Waals surface area contributed by atoms with Crippen LogP contribution in [0.15, 0.2) is 0 Å². The fraction of sp³-hybridized carbons (Fsp3) is 0.833. The Hall–Kier alpha value is -1.06. The molecule has 2 N–H and O–H groups in total. The average Bonchev–Trinajstić information content (AvgIpc) is 2.63. The van der Waals surface area contributed by atoms with Crippen molar-refractivity contribution in [2.24, 2.45) is 5.92 Å². The maximum absolute atomic E-state index is 12.0. The molecule has 0 bridgehead atoms. The molecule has 2 fully saturated rings. The first-order chi connectivity index (χ1) is 7.53. The average molecular weight is 224 g/mol. The predicted molar refractivity (Wildman–Crippen MR) is 60.7 cm³/mol. The molecule has 1 atom stereocenters. The fourth-order valence-corrected chi connectivity index (χ4v) is 2.71. The zero-order chi connectivity index (χ0) is 11.8. The molecular formula is C12H20N2O2. The lowest BCUT2D eigenvalue weighted by Crippen LogP contribution is -2.68. The van der Waals surface area contributed by atoms with E-state index in [0.717, 1.165) is 25.7 Å². The van der Waals surface area contributed by atoms with E-state index in [9.17, 15) is 9.59 Å². The van der Waals surface area contributed by atoms with Gasteiger partial charge in [-0.3, -0.25) is 9.59 Å². The van der Waals surface area contributed by atoms with Gasteiger partial charge in [-0.1, -0.05) is 26.7 Å². The maximum Gasteiger partial charge on any atom is 0.246 e. The van der Waals surface area contributed by atoms with Crippen LogP contribution in [0.5, 0.6) is 0 Å². The number of carbonyl (C=O) groups is 2. The lowest BCUT2D eigenvalue weighted by Gasteiger charge is -2.37. The Morgan fingerprint density at radius 1 is 1.31 bits per heavy atom. The van der Waals surface area contributed by atoms with Crippen LogP contribution in [0.2, 0.25) is 0 Å². The van der Waals surface area contributed by atoms with Gasteiger partial charge in [0.1, 0.15) is 11.6 Å². The molecule has 1 heterocycles. The Morgan fingerprint density at radius 2 is 1.94 bits per heavy atom. The fourth-order valence-electron chi connectivity index (χ4n) is 2.71. The zero-order valence-electron chi connectivity index (χ0n) is 10.0. The van der Waals surface area contributed by atoms with Gasteiger partial charge in [-0.2, -0.15) is 0 Å². The molecule has 1 saturated heterocycles. The molecule has 1 saturated carbocycles. The van der Waals surface area contributed by atoms with E-state index >= 15 is 0 Å². The summed E-state index contributed by atoms with van der Waals surface area (Å²) in [5.41, 5.74) is -0.579. The topological polar surface area (TPSA) is 58.2 Å². The van der Waals surface area contributed by atoms with Crippen LogP contribution in [-0.2, 0) is 9.59 Å². The third-order valence-electron chi connectivity index (χ3n) is 3.58. The van der Waals surface area contributed by atoms with Gasteiger partial charge in [0.15, 0.2) is 0 Å². The second-order valence-electron chi connectivity index (χ2n) is 5.43. The summed E-state index contributed by atoms with van der Waals surface area (Å²) in [7, 11) is 0. The predicted octanol–water partition coefficient (Wildman–Crippen LogP) is 0.960. The Bertz CT molecular complexity index is 306. The molecular weight excluding hydrogens is 204 g/mol. The van der Waals surface area contributed by atoms with Gasteiger partial charge in [0, 0.05) is 0 Å². The summed E-state index contributed by atoms with van der Waals surface area (Å²) < 4.78 is 0. The number of rotatable bonds is 2. The van der Waals surface area contributed by atoms with Crippen molar-refractivity contribution < 1.29 is 9.59 Å². The first kappa shape index (κ1) is 11.4. The van der Waals surface area contributed by atoms with E-state index in [1.807, 2.05) is 0 Å². The molecule has 4 heteroatoms. The molecule has 2 amide bonds. The van der Waals surface area contributed by atoms with Gasteiger partial charge in [-0.25, -0.2) is 0 Å². The van der Waals surface area contributed by atoms with Crippen LogP contribution < -0.4 is 10.6 Å². The molecule has 2 rings (SSSR count). The second kappa shape index (κ2) is 4.07. The molecule has 16 heavy (non-hydrogen) atoms. The van der Waals surface area contributed by atoms with E-state index < -0.39 is 5.54 Å². The number of hydrogen-bond donors (Lipinski definition) is 2. The minimum Gasteiger partial charge on any atom is -0.342 e. The molecule has 0 radical (unpaired) electrons. The van der Waals surface area contributed by atoms with Gasteiger partial charge in [0.2, 0.25) is 11.8 Å². The van der Waals surface area contributed by atoms with Crippen molar-refractivity contribution in [3.05, 3.63) is 0 Å². The summed E-state index contributed by atoms with van der Waals surface area (Å²) in [4.78, 5) is 23.9. The van der Waals surface area contributed by atoms with Gasteiger partial charge in [-0.15, -0.1) is 0 Å². The number of piperazine rings is 1. The molecule has 1 spiro atoms. The third kappa shape index (κ3) is 1.93. The minimum atomic E-state index is -0.579. The van der Waals surface area contributed by atoms with E-state index in [2.05, 4.69) is 24.5 Å². The first-order valence-electron chi connectivity index (χ1n) is 6.16. The number of amides is 2. The Balaban J connectivity index is 2.07. The van der Waals surface area contributed by atoms with E-state index in [4.69, 9.17) is 0 Å². The van der Waals surface area contributed by atoms with Crippen LogP contribution in [0.3, 0.4) is 0 Å². The maximum atomic E-state index is 12.0. The van der Waals surface area contributed by atoms with Crippen molar-refractivity contribution in [2.45, 2.75) is 57.5 Å². The lowest BCUT2D eigenvalue weighted by molar-refractivity contribution is -0.141. The smallest absolute Gasteiger partial charge is 0.246 e. The number of nitrogens with one attached hydrogen (secondary N) is 2. The molecule has 1 aliphatic heterocycles. The quantitative estimate of drug-likeness (QED) is 0.734. The molecule has 4 nitrogen and oxygen atoms in total. The molecule has 90 valence electrons. The minimum absolute atomic E-state index is 0.00444. The zero-order valence-corrected chi connectivity index (χ0v) is 10.0. The third-order valence-corrected chi connectivity index (χ3v) is 3.58. The Morgan fingerprint density at radius 3 is 2.50 bits per heavy atom. The molecule has 0 aromatic rings. The van der Waals surface area contributed by atoms with E-state index in [1.165, 1.54) is 0 Å². The number of carbonyl (C=O) groups excluding carboxylic acids is 2. The lowest BCUT2D eigenvalue weighted by atomic mass is 9.90. The van der Waals surface area contributed by atoms with Gasteiger partial charge in [0.05, 0.1) is 0 Å². The van der Waals surface area contributed by atoms with Crippen LogP contribution in [0, 0.1) is 5.92 Å². The summed E-state index contributed by atoms with van der Waals surface area (Å²) in [5, 5.41) is 5.83. The Labute approximate surface area is 96.2 Å². The Kier molecular flexibility index (Phi) is 2.91. The molecule has 1 aliphatic carbocycles. The molecule has 0 aromatic heterocycles. The standard InChI is InChI=1S/C12H20N2O2/c1-8(2)7-9-10(15)14-12(11(16)13-9)5-3-4-6-12/h8-9H,3-7H2,1-2H3,(H,13,16)(H,14,15). The summed E-state index contributed by atoms with van der Waals surface area (Å²) in [6.45, 7) is 4.11. The van der Waals surface area contributed by atoms with Crippen molar-refractivity contribution in [1.29, 1.82) is 0 Å². The first-order valence-corrected chi connectivity index (χ1v) is 6.16.